The number of terminal acetylenes is 1. The van der Waals surface area contributed by atoms with Crippen LogP contribution in [0.3, 0.4) is 0 Å². The molecule has 1 rings (SSSR count). The second-order valence-electron chi connectivity index (χ2n) is 3.47. The molecule has 1 aromatic rings. The van der Waals surface area contributed by atoms with Gasteiger partial charge in [-0.3, -0.25) is 0 Å². The Morgan fingerprint density at radius 3 is 2.94 bits per heavy atom. The topological polar surface area (TPSA) is 42.2 Å². The maximum Gasteiger partial charge on any atom is 0.133 e. The van der Waals surface area contributed by atoms with E-state index in [2.05, 4.69) is 38.7 Å². The summed E-state index contributed by atoms with van der Waals surface area (Å²) in [4.78, 5) is 6.47. The molecule has 0 amide bonds. The quantitative estimate of drug-likeness (QED) is 0.841. The molecule has 0 saturated carbocycles. The lowest BCUT2D eigenvalue weighted by molar-refractivity contribution is 0.799. The van der Waals surface area contributed by atoms with Crippen molar-refractivity contribution in [3.8, 4) is 12.3 Å². The largest absolute Gasteiger partial charge is 0.345 e. The van der Waals surface area contributed by atoms with Gasteiger partial charge in [-0.1, -0.05) is 12.8 Å². The van der Waals surface area contributed by atoms with Crippen LogP contribution >= 0.6 is 15.9 Å². The molecular formula is C12H16BrN3. The molecule has 0 unspecified atom stereocenters. The Morgan fingerprint density at radius 2 is 2.38 bits per heavy atom. The lowest BCUT2D eigenvalue weighted by Gasteiger charge is -2.23. The Hall–Kier alpha value is -1.05. The van der Waals surface area contributed by atoms with Gasteiger partial charge < -0.3 is 10.6 Å². The minimum absolute atomic E-state index is 0.465. The summed E-state index contributed by atoms with van der Waals surface area (Å²) in [5, 5.41) is 0. The first-order valence-electron chi connectivity index (χ1n) is 5.25. The van der Waals surface area contributed by atoms with Crippen LogP contribution in [0.15, 0.2) is 16.7 Å². The van der Waals surface area contributed by atoms with E-state index in [1.807, 2.05) is 6.07 Å². The fourth-order valence-corrected chi connectivity index (χ4v) is 1.93. The van der Waals surface area contributed by atoms with Crippen LogP contribution in [-0.2, 0) is 6.54 Å². The zero-order chi connectivity index (χ0) is 12.0. The summed E-state index contributed by atoms with van der Waals surface area (Å²) in [5.74, 6) is 3.54. The molecule has 4 heteroatoms. The average molecular weight is 282 g/mol. The summed E-state index contributed by atoms with van der Waals surface area (Å²) in [6.07, 6.45) is 8.16. The highest BCUT2D eigenvalue weighted by Crippen LogP contribution is 2.21. The fraction of sp³-hybridized carbons (Fsp3) is 0.417. The molecule has 0 bridgehead atoms. The summed E-state index contributed by atoms with van der Waals surface area (Å²) in [6, 6.07) is 1.99. The molecule has 16 heavy (non-hydrogen) atoms. The first kappa shape index (κ1) is 13.0. The average Bonchev–Trinajstić information content (AvgIpc) is 2.28. The number of halogens is 1. The van der Waals surface area contributed by atoms with E-state index in [9.17, 15) is 0 Å². The van der Waals surface area contributed by atoms with E-state index in [1.165, 1.54) is 0 Å². The Kier molecular flexibility index (Phi) is 5.30. The van der Waals surface area contributed by atoms with Gasteiger partial charge in [0.2, 0.25) is 0 Å². The third-order valence-corrected chi connectivity index (χ3v) is 2.64. The van der Waals surface area contributed by atoms with Crippen LogP contribution in [0.4, 0.5) is 5.82 Å². The van der Waals surface area contributed by atoms with Gasteiger partial charge in [-0.15, -0.1) is 6.42 Å². The van der Waals surface area contributed by atoms with Crippen molar-refractivity contribution in [2.24, 2.45) is 5.73 Å². The molecule has 0 spiro atoms. The molecule has 3 nitrogen and oxygen atoms in total. The molecule has 1 aromatic heterocycles. The molecule has 0 radical (unpaired) electrons. The molecule has 0 aliphatic carbocycles. The van der Waals surface area contributed by atoms with E-state index >= 15 is 0 Å². The lowest BCUT2D eigenvalue weighted by atomic mass is 10.2. The van der Waals surface area contributed by atoms with Gasteiger partial charge in [0.15, 0.2) is 0 Å². The Bertz CT molecular complexity index is 384. The van der Waals surface area contributed by atoms with Gasteiger partial charge in [0.25, 0.3) is 0 Å². The summed E-state index contributed by atoms with van der Waals surface area (Å²) < 4.78 is 0.939. The molecule has 86 valence electrons. The number of hydrogen-bond acceptors (Lipinski definition) is 3. The predicted molar refractivity (Wildman–Crippen MR) is 71.2 cm³/mol. The summed E-state index contributed by atoms with van der Waals surface area (Å²) in [7, 11) is 0. The van der Waals surface area contributed by atoms with E-state index in [-0.39, 0.29) is 0 Å². The van der Waals surface area contributed by atoms with Crippen molar-refractivity contribution in [3.05, 3.63) is 22.3 Å². The van der Waals surface area contributed by atoms with Crippen LogP contribution in [0.1, 0.15) is 18.9 Å². The third kappa shape index (κ3) is 3.22. The standard InChI is InChI=1S/C12H16BrN3/c1-3-5-16(6-4-2)12-10(8-14)7-11(13)9-15-12/h1,7,9H,4-6,8,14H2,2H3. The molecule has 2 N–H and O–H groups in total. The lowest BCUT2D eigenvalue weighted by Crippen LogP contribution is -2.27. The zero-order valence-electron chi connectivity index (χ0n) is 9.41. The third-order valence-electron chi connectivity index (χ3n) is 2.20. The molecule has 0 aromatic carbocycles. The fourth-order valence-electron chi connectivity index (χ4n) is 1.55. The molecule has 1 heterocycles. The van der Waals surface area contributed by atoms with Crippen molar-refractivity contribution in [1.82, 2.24) is 4.98 Å². The van der Waals surface area contributed by atoms with E-state index < -0.39 is 0 Å². The van der Waals surface area contributed by atoms with Crippen molar-refractivity contribution < 1.29 is 0 Å². The molecule has 0 saturated heterocycles. The molecule has 0 fully saturated rings. The first-order valence-corrected chi connectivity index (χ1v) is 6.05. The number of aromatic nitrogens is 1. The summed E-state index contributed by atoms with van der Waals surface area (Å²) in [5.41, 5.74) is 6.72. The normalized spacial score (nSPS) is 9.88. The molecule has 0 aliphatic rings. The van der Waals surface area contributed by atoms with Crippen molar-refractivity contribution in [1.29, 1.82) is 0 Å². The molecular weight excluding hydrogens is 266 g/mol. The highest BCUT2D eigenvalue weighted by molar-refractivity contribution is 9.10. The summed E-state index contributed by atoms with van der Waals surface area (Å²) in [6.45, 7) is 4.04. The monoisotopic (exact) mass is 281 g/mol. The van der Waals surface area contributed by atoms with Gasteiger partial charge >= 0.3 is 0 Å². The highest BCUT2D eigenvalue weighted by atomic mass is 79.9. The minimum Gasteiger partial charge on any atom is -0.345 e. The Balaban J connectivity index is 3.03. The smallest absolute Gasteiger partial charge is 0.133 e. The van der Waals surface area contributed by atoms with E-state index in [4.69, 9.17) is 12.2 Å². The SMILES string of the molecule is C#CCN(CCC)c1ncc(Br)cc1CN. The van der Waals surface area contributed by atoms with Gasteiger partial charge in [0.1, 0.15) is 5.82 Å². The maximum atomic E-state index is 5.71. The van der Waals surface area contributed by atoms with E-state index in [0.717, 1.165) is 28.8 Å². The van der Waals surface area contributed by atoms with Crippen LogP contribution in [0.2, 0.25) is 0 Å². The number of pyridine rings is 1. The van der Waals surface area contributed by atoms with Crippen LogP contribution < -0.4 is 10.6 Å². The van der Waals surface area contributed by atoms with Gasteiger partial charge in [-0.2, -0.15) is 0 Å². The summed E-state index contributed by atoms with van der Waals surface area (Å²) >= 11 is 3.39. The van der Waals surface area contributed by atoms with E-state index in [1.54, 1.807) is 6.20 Å². The number of anilines is 1. The predicted octanol–water partition coefficient (Wildman–Crippen LogP) is 2.15. The maximum absolute atomic E-state index is 5.71. The Morgan fingerprint density at radius 1 is 1.62 bits per heavy atom. The number of rotatable bonds is 5. The Labute approximate surface area is 105 Å². The van der Waals surface area contributed by atoms with Crippen LogP contribution in [0.25, 0.3) is 0 Å². The van der Waals surface area contributed by atoms with Crippen molar-refractivity contribution in [3.63, 3.8) is 0 Å². The second kappa shape index (κ2) is 6.51. The van der Waals surface area contributed by atoms with Crippen molar-refractivity contribution >= 4 is 21.7 Å². The first-order chi connectivity index (χ1) is 7.72. The van der Waals surface area contributed by atoms with Crippen LogP contribution in [0.5, 0.6) is 0 Å². The van der Waals surface area contributed by atoms with Crippen molar-refractivity contribution in [2.75, 3.05) is 18.0 Å². The van der Waals surface area contributed by atoms with Gasteiger partial charge in [0, 0.05) is 29.3 Å². The highest BCUT2D eigenvalue weighted by Gasteiger charge is 2.10. The zero-order valence-corrected chi connectivity index (χ0v) is 11.0. The van der Waals surface area contributed by atoms with Crippen LogP contribution in [0, 0.1) is 12.3 Å². The number of hydrogen-bond donors (Lipinski definition) is 1. The second-order valence-corrected chi connectivity index (χ2v) is 4.38. The van der Waals surface area contributed by atoms with Gasteiger partial charge in [-0.05, 0) is 28.4 Å². The number of nitrogens with two attached hydrogens (primary N) is 1. The van der Waals surface area contributed by atoms with Crippen molar-refractivity contribution in [2.45, 2.75) is 19.9 Å². The van der Waals surface area contributed by atoms with E-state index in [0.29, 0.717) is 13.1 Å². The molecule has 0 aliphatic heterocycles. The van der Waals surface area contributed by atoms with Crippen LogP contribution in [-0.4, -0.2) is 18.1 Å². The minimum atomic E-state index is 0.465. The molecule has 0 atom stereocenters. The number of nitrogens with zero attached hydrogens (tertiary/aromatic N) is 2. The van der Waals surface area contributed by atoms with Gasteiger partial charge in [-0.25, -0.2) is 4.98 Å². The van der Waals surface area contributed by atoms with Gasteiger partial charge in [0.05, 0.1) is 6.54 Å².